The van der Waals surface area contributed by atoms with Crippen LogP contribution in [0.2, 0.25) is 5.02 Å². The maximum absolute atomic E-state index is 12.3. The third-order valence-corrected chi connectivity index (χ3v) is 4.65. The fourth-order valence-corrected chi connectivity index (χ4v) is 2.90. The SMILES string of the molecule is Cc1cccc(C(=O)Nc2ccc(C(=O)NNC(=O)C=Cc3ccccc3Cl)cc2)c1. The second-order valence-corrected chi connectivity index (χ2v) is 7.11. The molecule has 0 saturated heterocycles. The number of carbonyl (C=O) groups excluding carboxylic acids is 3. The zero-order chi connectivity index (χ0) is 22.2. The Kier molecular flexibility index (Phi) is 7.19. The first-order valence-corrected chi connectivity index (χ1v) is 9.81. The van der Waals surface area contributed by atoms with Gasteiger partial charge in [-0.1, -0.05) is 47.5 Å². The molecule has 0 saturated carbocycles. The smallest absolute Gasteiger partial charge is 0.269 e. The van der Waals surface area contributed by atoms with Gasteiger partial charge in [0.1, 0.15) is 0 Å². The monoisotopic (exact) mass is 433 g/mol. The van der Waals surface area contributed by atoms with Gasteiger partial charge in [0, 0.05) is 27.9 Å². The Balaban J connectivity index is 1.52. The number of aryl methyl sites for hydroxylation is 1. The summed E-state index contributed by atoms with van der Waals surface area (Å²) in [6, 6.07) is 20.6. The van der Waals surface area contributed by atoms with Gasteiger partial charge >= 0.3 is 0 Å². The van der Waals surface area contributed by atoms with Crippen molar-refractivity contribution in [1.29, 1.82) is 0 Å². The molecule has 0 aliphatic rings. The molecule has 0 bridgehead atoms. The van der Waals surface area contributed by atoms with Gasteiger partial charge in [-0.15, -0.1) is 0 Å². The van der Waals surface area contributed by atoms with E-state index in [1.807, 2.05) is 19.1 Å². The number of nitrogens with one attached hydrogen (secondary N) is 3. The number of amides is 3. The Morgan fingerprint density at radius 1 is 0.806 bits per heavy atom. The van der Waals surface area contributed by atoms with Crippen molar-refractivity contribution >= 4 is 41.1 Å². The number of halogens is 1. The molecule has 6 nitrogen and oxygen atoms in total. The quantitative estimate of drug-likeness (QED) is 0.412. The van der Waals surface area contributed by atoms with Gasteiger partial charge in [0.05, 0.1) is 0 Å². The molecule has 0 aliphatic heterocycles. The molecule has 156 valence electrons. The minimum Gasteiger partial charge on any atom is -0.322 e. The van der Waals surface area contributed by atoms with E-state index in [4.69, 9.17) is 11.6 Å². The summed E-state index contributed by atoms with van der Waals surface area (Å²) in [5.41, 5.74) is 7.74. The molecular formula is C24H20ClN3O3. The fourth-order valence-electron chi connectivity index (χ4n) is 2.70. The summed E-state index contributed by atoms with van der Waals surface area (Å²) in [5.74, 6) is -1.23. The molecule has 0 radical (unpaired) electrons. The second kappa shape index (κ2) is 10.2. The number of hydrogen-bond acceptors (Lipinski definition) is 3. The number of rotatable bonds is 5. The van der Waals surface area contributed by atoms with E-state index < -0.39 is 11.8 Å². The Hall–Kier alpha value is -3.90. The molecule has 0 heterocycles. The zero-order valence-electron chi connectivity index (χ0n) is 16.7. The maximum atomic E-state index is 12.3. The molecule has 3 amide bonds. The van der Waals surface area contributed by atoms with Gasteiger partial charge < -0.3 is 5.32 Å². The normalized spacial score (nSPS) is 10.5. The molecule has 3 aromatic rings. The molecule has 3 N–H and O–H groups in total. The highest BCUT2D eigenvalue weighted by Crippen LogP contribution is 2.16. The minimum atomic E-state index is -0.504. The fraction of sp³-hybridized carbons (Fsp3) is 0.0417. The molecular weight excluding hydrogens is 414 g/mol. The highest BCUT2D eigenvalue weighted by atomic mass is 35.5. The van der Waals surface area contributed by atoms with Gasteiger partial charge in [-0.2, -0.15) is 0 Å². The number of benzene rings is 3. The lowest BCUT2D eigenvalue weighted by molar-refractivity contribution is -0.117. The summed E-state index contributed by atoms with van der Waals surface area (Å²) in [4.78, 5) is 36.4. The lowest BCUT2D eigenvalue weighted by Crippen LogP contribution is -2.40. The van der Waals surface area contributed by atoms with Crippen molar-refractivity contribution < 1.29 is 14.4 Å². The van der Waals surface area contributed by atoms with Crippen LogP contribution in [0.5, 0.6) is 0 Å². The first kappa shape index (κ1) is 21.8. The summed E-state index contributed by atoms with van der Waals surface area (Å²) in [7, 11) is 0. The van der Waals surface area contributed by atoms with Crippen LogP contribution in [0.4, 0.5) is 5.69 Å². The largest absolute Gasteiger partial charge is 0.322 e. The minimum absolute atomic E-state index is 0.238. The van der Waals surface area contributed by atoms with Crippen molar-refractivity contribution in [2.24, 2.45) is 0 Å². The second-order valence-electron chi connectivity index (χ2n) is 6.70. The summed E-state index contributed by atoms with van der Waals surface area (Å²) < 4.78 is 0. The van der Waals surface area contributed by atoms with Crippen LogP contribution in [0.15, 0.2) is 78.9 Å². The predicted octanol–water partition coefficient (Wildman–Crippen LogP) is 4.38. The summed E-state index contributed by atoms with van der Waals surface area (Å²) in [5, 5.41) is 3.30. The van der Waals surface area contributed by atoms with Crippen LogP contribution in [0.3, 0.4) is 0 Å². The van der Waals surface area contributed by atoms with Crippen molar-refractivity contribution in [2.75, 3.05) is 5.32 Å². The standard InChI is InChI=1S/C24H20ClN3O3/c1-16-5-4-7-19(15-16)23(30)26-20-12-9-18(10-13-20)24(31)28-27-22(29)14-11-17-6-2-3-8-21(17)25/h2-15H,1H3,(H,26,30)(H,27,29)(H,28,31). The van der Waals surface area contributed by atoms with Crippen LogP contribution < -0.4 is 16.2 Å². The van der Waals surface area contributed by atoms with Gasteiger partial charge in [0.2, 0.25) is 0 Å². The Labute approximate surface area is 184 Å². The molecule has 7 heteroatoms. The van der Waals surface area contributed by atoms with E-state index in [0.717, 1.165) is 5.56 Å². The summed E-state index contributed by atoms with van der Waals surface area (Å²) in [6.07, 6.45) is 2.82. The molecule has 0 spiro atoms. The average Bonchev–Trinajstić information content (AvgIpc) is 2.77. The molecule has 0 atom stereocenters. The predicted molar refractivity (Wildman–Crippen MR) is 122 cm³/mol. The molecule has 3 rings (SSSR count). The van der Waals surface area contributed by atoms with E-state index in [9.17, 15) is 14.4 Å². The lowest BCUT2D eigenvalue weighted by Gasteiger charge is -2.08. The lowest BCUT2D eigenvalue weighted by atomic mass is 10.1. The van der Waals surface area contributed by atoms with Crippen molar-refractivity contribution in [3.05, 3.63) is 106 Å². The van der Waals surface area contributed by atoms with Gasteiger partial charge in [-0.25, -0.2) is 0 Å². The van der Waals surface area contributed by atoms with E-state index >= 15 is 0 Å². The average molecular weight is 434 g/mol. The molecule has 0 unspecified atom stereocenters. The van der Waals surface area contributed by atoms with Crippen LogP contribution in [0.1, 0.15) is 31.8 Å². The van der Waals surface area contributed by atoms with Crippen molar-refractivity contribution in [1.82, 2.24) is 10.9 Å². The van der Waals surface area contributed by atoms with Gasteiger partial charge in [0.25, 0.3) is 17.7 Å². The van der Waals surface area contributed by atoms with Crippen LogP contribution in [-0.2, 0) is 4.79 Å². The first-order chi connectivity index (χ1) is 14.9. The summed E-state index contributed by atoms with van der Waals surface area (Å²) in [6.45, 7) is 1.91. The Morgan fingerprint density at radius 3 is 2.26 bits per heavy atom. The van der Waals surface area contributed by atoms with Crippen LogP contribution in [0, 0.1) is 6.92 Å². The highest BCUT2D eigenvalue weighted by Gasteiger charge is 2.09. The van der Waals surface area contributed by atoms with Crippen molar-refractivity contribution in [3.8, 4) is 0 Å². The van der Waals surface area contributed by atoms with E-state index in [1.165, 1.54) is 6.08 Å². The number of carbonyl (C=O) groups is 3. The number of hydrogen-bond donors (Lipinski definition) is 3. The van der Waals surface area contributed by atoms with Gasteiger partial charge in [-0.3, -0.25) is 25.2 Å². The topological polar surface area (TPSA) is 87.3 Å². The molecule has 31 heavy (non-hydrogen) atoms. The molecule has 0 aliphatic carbocycles. The third-order valence-electron chi connectivity index (χ3n) is 4.30. The first-order valence-electron chi connectivity index (χ1n) is 9.43. The van der Waals surface area contributed by atoms with Crippen molar-refractivity contribution in [3.63, 3.8) is 0 Å². The van der Waals surface area contributed by atoms with E-state index in [1.54, 1.807) is 66.7 Å². The van der Waals surface area contributed by atoms with Crippen LogP contribution >= 0.6 is 11.6 Å². The van der Waals surface area contributed by atoms with E-state index in [-0.39, 0.29) is 5.91 Å². The Morgan fingerprint density at radius 2 is 1.55 bits per heavy atom. The highest BCUT2D eigenvalue weighted by molar-refractivity contribution is 6.32. The van der Waals surface area contributed by atoms with E-state index in [0.29, 0.717) is 27.4 Å². The molecule has 0 fully saturated rings. The Bertz CT molecular complexity index is 1140. The van der Waals surface area contributed by atoms with Gasteiger partial charge in [-0.05, 0) is 61.0 Å². The van der Waals surface area contributed by atoms with E-state index in [2.05, 4.69) is 16.2 Å². The van der Waals surface area contributed by atoms with Crippen LogP contribution in [-0.4, -0.2) is 17.7 Å². The maximum Gasteiger partial charge on any atom is 0.269 e. The van der Waals surface area contributed by atoms with Crippen LogP contribution in [0.25, 0.3) is 6.08 Å². The number of hydrazine groups is 1. The van der Waals surface area contributed by atoms with Gasteiger partial charge in [0.15, 0.2) is 0 Å². The summed E-state index contributed by atoms with van der Waals surface area (Å²) >= 11 is 6.02. The third kappa shape index (κ3) is 6.29. The molecule has 3 aromatic carbocycles. The number of anilines is 1. The van der Waals surface area contributed by atoms with Crippen molar-refractivity contribution in [2.45, 2.75) is 6.92 Å². The molecule has 0 aromatic heterocycles. The zero-order valence-corrected chi connectivity index (χ0v) is 17.4.